The Balaban J connectivity index is 2.63. The lowest BCUT2D eigenvalue weighted by Crippen LogP contribution is -2.14. The Labute approximate surface area is 135 Å². The standard InChI is InChI=1S/C18H20O3S/c1-11-14(22-12-8-6-5-7-9-12)10-13(18(2,3)4)16(19)15(11)17(20)21/h5-10,19H,1-4H3,(H,20,21). The van der Waals surface area contributed by atoms with E-state index in [2.05, 4.69) is 0 Å². The Bertz CT molecular complexity index is 701. The van der Waals surface area contributed by atoms with Crippen molar-refractivity contribution in [3.63, 3.8) is 0 Å². The molecule has 0 spiro atoms. The maximum absolute atomic E-state index is 11.6. The molecule has 116 valence electrons. The van der Waals surface area contributed by atoms with Gasteiger partial charge in [0.2, 0.25) is 0 Å². The van der Waals surface area contributed by atoms with Crippen molar-refractivity contribution < 1.29 is 15.0 Å². The Kier molecular flexibility index (Phi) is 4.52. The van der Waals surface area contributed by atoms with Crippen molar-refractivity contribution in [2.24, 2.45) is 0 Å². The van der Waals surface area contributed by atoms with Crippen LogP contribution in [0.15, 0.2) is 46.2 Å². The first-order valence-corrected chi connectivity index (χ1v) is 7.86. The van der Waals surface area contributed by atoms with Gasteiger partial charge < -0.3 is 10.2 Å². The Morgan fingerprint density at radius 3 is 2.23 bits per heavy atom. The number of hydrogen-bond donors (Lipinski definition) is 2. The molecule has 0 aliphatic carbocycles. The van der Waals surface area contributed by atoms with Gasteiger partial charge in [-0.3, -0.25) is 0 Å². The number of carboxylic acids is 1. The maximum Gasteiger partial charge on any atom is 0.339 e. The van der Waals surface area contributed by atoms with Gasteiger partial charge >= 0.3 is 5.97 Å². The van der Waals surface area contributed by atoms with Gasteiger partial charge in [-0.05, 0) is 36.1 Å². The summed E-state index contributed by atoms with van der Waals surface area (Å²) in [6.07, 6.45) is 0. The van der Waals surface area contributed by atoms with Gasteiger partial charge in [-0.25, -0.2) is 4.79 Å². The number of aromatic hydroxyl groups is 1. The molecule has 0 unspecified atom stereocenters. The second kappa shape index (κ2) is 6.05. The molecule has 2 rings (SSSR count). The SMILES string of the molecule is Cc1c(Sc2ccccc2)cc(C(C)(C)C)c(O)c1C(=O)O. The van der Waals surface area contributed by atoms with Gasteiger partial charge in [-0.15, -0.1) is 0 Å². The molecule has 0 bridgehead atoms. The zero-order chi connectivity index (χ0) is 16.5. The monoisotopic (exact) mass is 316 g/mol. The van der Waals surface area contributed by atoms with Crippen molar-refractivity contribution in [2.45, 2.75) is 42.9 Å². The largest absolute Gasteiger partial charge is 0.507 e. The quantitative estimate of drug-likeness (QED) is 0.850. The average Bonchev–Trinajstić information content (AvgIpc) is 2.41. The van der Waals surface area contributed by atoms with Gasteiger partial charge in [0.15, 0.2) is 0 Å². The normalized spacial score (nSPS) is 11.5. The highest BCUT2D eigenvalue weighted by Gasteiger charge is 2.26. The van der Waals surface area contributed by atoms with Crippen molar-refractivity contribution >= 4 is 17.7 Å². The van der Waals surface area contributed by atoms with Crippen LogP contribution in [0.25, 0.3) is 0 Å². The first-order valence-electron chi connectivity index (χ1n) is 7.05. The van der Waals surface area contributed by atoms with Crippen LogP contribution in [-0.4, -0.2) is 16.2 Å². The summed E-state index contributed by atoms with van der Waals surface area (Å²) in [7, 11) is 0. The summed E-state index contributed by atoms with van der Waals surface area (Å²) in [4.78, 5) is 13.4. The van der Waals surface area contributed by atoms with Gasteiger partial charge in [0.05, 0.1) is 0 Å². The predicted octanol–water partition coefficient (Wildman–Crippen LogP) is 4.85. The Morgan fingerprint density at radius 1 is 1.14 bits per heavy atom. The summed E-state index contributed by atoms with van der Waals surface area (Å²) in [5.74, 6) is -1.23. The fourth-order valence-corrected chi connectivity index (χ4v) is 3.28. The van der Waals surface area contributed by atoms with E-state index in [1.807, 2.05) is 57.2 Å². The summed E-state index contributed by atoms with van der Waals surface area (Å²) < 4.78 is 0. The van der Waals surface area contributed by atoms with Crippen molar-refractivity contribution in [3.8, 4) is 5.75 Å². The molecule has 0 aromatic heterocycles. The molecule has 0 aliphatic rings. The van der Waals surface area contributed by atoms with E-state index in [1.165, 1.54) is 11.8 Å². The van der Waals surface area contributed by atoms with Crippen LogP contribution < -0.4 is 0 Å². The van der Waals surface area contributed by atoms with Crippen molar-refractivity contribution in [1.29, 1.82) is 0 Å². The number of phenols is 1. The molecule has 0 saturated heterocycles. The molecule has 0 fully saturated rings. The van der Waals surface area contributed by atoms with Gasteiger partial charge in [0.1, 0.15) is 11.3 Å². The summed E-state index contributed by atoms with van der Waals surface area (Å²) in [5.41, 5.74) is 0.889. The summed E-state index contributed by atoms with van der Waals surface area (Å²) in [6, 6.07) is 11.7. The molecule has 0 atom stereocenters. The zero-order valence-electron chi connectivity index (χ0n) is 13.2. The number of carboxylic acid groups (broad SMARTS) is 1. The molecule has 0 heterocycles. The van der Waals surface area contributed by atoms with Crippen LogP contribution in [-0.2, 0) is 5.41 Å². The minimum atomic E-state index is -1.10. The molecule has 0 radical (unpaired) electrons. The smallest absolute Gasteiger partial charge is 0.339 e. The predicted molar refractivity (Wildman–Crippen MR) is 89.1 cm³/mol. The molecule has 0 aliphatic heterocycles. The van der Waals surface area contributed by atoms with Crippen LogP contribution in [0.5, 0.6) is 5.75 Å². The van der Waals surface area contributed by atoms with Crippen molar-refractivity contribution in [1.82, 2.24) is 0 Å². The van der Waals surface area contributed by atoms with E-state index >= 15 is 0 Å². The first kappa shape index (κ1) is 16.4. The molecule has 2 aromatic carbocycles. The topological polar surface area (TPSA) is 57.5 Å². The fourth-order valence-electron chi connectivity index (χ4n) is 2.30. The third-order valence-corrected chi connectivity index (χ3v) is 4.66. The number of benzene rings is 2. The van der Waals surface area contributed by atoms with Crippen molar-refractivity contribution in [3.05, 3.63) is 53.1 Å². The van der Waals surface area contributed by atoms with Crippen molar-refractivity contribution in [2.75, 3.05) is 0 Å². The molecule has 3 nitrogen and oxygen atoms in total. The average molecular weight is 316 g/mol. The highest BCUT2D eigenvalue weighted by Crippen LogP contribution is 2.41. The lowest BCUT2D eigenvalue weighted by Gasteiger charge is -2.24. The molecule has 0 saturated carbocycles. The van der Waals surface area contributed by atoms with Crippen LogP contribution >= 0.6 is 11.8 Å². The van der Waals surface area contributed by atoms with Crippen LogP contribution in [0.4, 0.5) is 0 Å². The van der Waals surface area contributed by atoms with E-state index in [0.29, 0.717) is 11.1 Å². The summed E-state index contributed by atoms with van der Waals surface area (Å²) in [5, 5.41) is 19.8. The number of hydrogen-bond acceptors (Lipinski definition) is 3. The Morgan fingerprint density at radius 2 is 1.73 bits per heavy atom. The maximum atomic E-state index is 11.6. The second-order valence-corrected chi connectivity index (χ2v) is 7.36. The van der Waals surface area contributed by atoms with E-state index in [1.54, 1.807) is 6.92 Å². The van der Waals surface area contributed by atoms with E-state index in [4.69, 9.17) is 0 Å². The van der Waals surface area contributed by atoms with E-state index in [0.717, 1.165) is 9.79 Å². The van der Waals surface area contributed by atoms with E-state index in [9.17, 15) is 15.0 Å². The van der Waals surface area contributed by atoms with Crippen LogP contribution in [0, 0.1) is 6.92 Å². The molecular formula is C18H20O3S. The lowest BCUT2D eigenvalue weighted by molar-refractivity contribution is 0.0692. The molecule has 2 N–H and O–H groups in total. The van der Waals surface area contributed by atoms with Gasteiger partial charge in [-0.1, -0.05) is 50.7 Å². The molecule has 2 aromatic rings. The van der Waals surface area contributed by atoms with Gasteiger partial charge in [0.25, 0.3) is 0 Å². The Hall–Kier alpha value is -1.94. The number of aromatic carboxylic acids is 1. The lowest BCUT2D eigenvalue weighted by atomic mass is 9.84. The molecular weight excluding hydrogens is 296 g/mol. The van der Waals surface area contributed by atoms with E-state index in [-0.39, 0.29) is 16.7 Å². The molecule has 22 heavy (non-hydrogen) atoms. The minimum absolute atomic E-state index is 0.00847. The van der Waals surface area contributed by atoms with Crippen LogP contribution in [0.1, 0.15) is 42.3 Å². The van der Waals surface area contributed by atoms with Gasteiger partial charge in [0, 0.05) is 15.4 Å². The third-order valence-electron chi connectivity index (χ3n) is 3.50. The third kappa shape index (κ3) is 3.28. The van der Waals surface area contributed by atoms with Crippen LogP contribution in [0.3, 0.4) is 0 Å². The number of rotatable bonds is 3. The molecule has 4 heteroatoms. The minimum Gasteiger partial charge on any atom is -0.507 e. The number of carbonyl (C=O) groups is 1. The second-order valence-electron chi connectivity index (χ2n) is 6.24. The summed E-state index contributed by atoms with van der Waals surface area (Å²) >= 11 is 1.51. The van der Waals surface area contributed by atoms with Gasteiger partial charge in [-0.2, -0.15) is 0 Å². The zero-order valence-corrected chi connectivity index (χ0v) is 14.0. The highest BCUT2D eigenvalue weighted by atomic mass is 32.2. The highest BCUT2D eigenvalue weighted by molar-refractivity contribution is 7.99. The molecule has 0 amide bonds. The summed E-state index contributed by atoms with van der Waals surface area (Å²) in [6.45, 7) is 7.61. The van der Waals surface area contributed by atoms with E-state index < -0.39 is 5.97 Å². The first-order chi connectivity index (χ1) is 10.2. The fraction of sp³-hybridized carbons (Fsp3) is 0.278. The van der Waals surface area contributed by atoms with Crippen LogP contribution in [0.2, 0.25) is 0 Å².